The van der Waals surface area contributed by atoms with E-state index in [-0.39, 0.29) is 17.2 Å². The number of carboxylic acids is 1. The van der Waals surface area contributed by atoms with Crippen molar-refractivity contribution in [1.29, 1.82) is 0 Å². The van der Waals surface area contributed by atoms with Crippen molar-refractivity contribution in [2.45, 2.75) is 19.9 Å². The smallest absolute Gasteiger partial charge is 0.335 e. The maximum atomic E-state index is 13.4. The Kier molecular flexibility index (Phi) is 3.60. The molecule has 0 atom stereocenters. The Morgan fingerprint density at radius 3 is 2.44 bits per heavy atom. The molecule has 4 nitrogen and oxygen atoms in total. The molecule has 0 spiro atoms. The molecule has 0 saturated carbocycles. The zero-order chi connectivity index (χ0) is 12.3. The van der Waals surface area contributed by atoms with Crippen LogP contribution in [-0.2, 0) is 0 Å². The molecule has 0 aliphatic carbocycles. The van der Waals surface area contributed by atoms with Crippen LogP contribution in [0.3, 0.4) is 0 Å². The Bertz CT molecular complexity index is 429. The van der Waals surface area contributed by atoms with Crippen LogP contribution in [0.25, 0.3) is 0 Å². The number of hydrogen-bond donors (Lipinski definition) is 2. The van der Waals surface area contributed by atoms with Crippen LogP contribution >= 0.6 is 0 Å². The molecule has 1 aromatic carbocycles. The summed E-state index contributed by atoms with van der Waals surface area (Å²) in [5.41, 5.74) is -0.336. The molecule has 1 aromatic rings. The molecule has 86 valence electrons. The van der Waals surface area contributed by atoms with Crippen LogP contribution in [0.1, 0.15) is 34.6 Å². The highest BCUT2D eigenvalue weighted by Crippen LogP contribution is 2.10. The van der Waals surface area contributed by atoms with Gasteiger partial charge in [-0.1, -0.05) is 0 Å². The second-order valence-corrected chi connectivity index (χ2v) is 3.63. The second kappa shape index (κ2) is 4.74. The lowest BCUT2D eigenvalue weighted by Gasteiger charge is -2.09. The van der Waals surface area contributed by atoms with Crippen molar-refractivity contribution in [3.8, 4) is 0 Å². The molecule has 5 heteroatoms. The van der Waals surface area contributed by atoms with Crippen LogP contribution in [0.5, 0.6) is 0 Å². The van der Waals surface area contributed by atoms with Gasteiger partial charge in [0.2, 0.25) is 0 Å². The van der Waals surface area contributed by atoms with Crippen LogP contribution in [0.2, 0.25) is 0 Å². The number of nitrogens with one attached hydrogen (secondary N) is 1. The SMILES string of the molecule is CC(C)NC(=O)c1ccc(C(=O)O)cc1F. The first-order valence-corrected chi connectivity index (χ1v) is 4.75. The van der Waals surface area contributed by atoms with E-state index in [2.05, 4.69) is 5.32 Å². The van der Waals surface area contributed by atoms with Gasteiger partial charge in [0, 0.05) is 6.04 Å². The van der Waals surface area contributed by atoms with Gasteiger partial charge in [0.25, 0.3) is 5.91 Å². The van der Waals surface area contributed by atoms with Crippen LogP contribution in [0.4, 0.5) is 4.39 Å². The number of halogens is 1. The van der Waals surface area contributed by atoms with Crippen LogP contribution in [-0.4, -0.2) is 23.0 Å². The molecule has 2 N–H and O–H groups in total. The molecule has 0 unspecified atom stereocenters. The monoisotopic (exact) mass is 225 g/mol. The van der Waals surface area contributed by atoms with Gasteiger partial charge < -0.3 is 10.4 Å². The van der Waals surface area contributed by atoms with Gasteiger partial charge in [-0.3, -0.25) is 4.79 Å². The van der Waals surface area contributed by atoms with E-state index in [1.54, 1.807) is 13.8 Å². The van der Waals surface area contributed by atoms with E-state index in [9.17, 15) is 14.0 Å². The third kappa shape index (κ3) is 2.79. The standard InChI is InChI=1S/C11H12FNO3/c1-6(2)13-10(14)8-4-3-7(11(15)16)5-9(8)12/h3-6H,1-2H3,(H,13,14)(H,15,16). The van der Waals surface area contributed by atoms with E-state index in [1.165, 1.54) is 6.07 Å². The van der Waals surface area contributed by atoms with Gasteiger partial charge >= 0.3 is 5.97 Å². The van der Waals surface area contributed by atoms with E-state index in [0.717, 1.165) is 12.1 Å². The lowest BCUT2D eigenvalue weighted by atomic mass is 10.1. The average Bonchev–Trinajstić information content (AvgIpc) is 2.15. The Balaban J connectivity index is 2.99. The Labute approximate surface area is 92.1 Å². The van der Waals surface area contributed by atoms with Crippen LogP contribution in [0, 0.1) is 5.82 Å². The van der Waals surface area contributed by atoms with E-state index >= 15 is 0 Å². The first-order valence-electron chi connectivity index (χ1n) is 4.75. The largest absolute Gasteiger partial charge is 0.478 e. The van der Waals surface area contributed by atoms with E-state index in [4.69, 9.17) is 5.11 Å². The van der Waals surface area contributed by atoms with Crippen molar-refractivity contribution < 1.29 is 19.1 Å². The quantitative estimate of drug-likeness (QED) is 0.822. The zero-order valence-electron chi connectivity index (χ0n) is 8.95. The molecule has 0 aliphatic heterocycles. The Morgan fingerprint density at radius 1 is 1.38 bits per heavy atom. The number of carbonyl (C=O) groups excluding carboxylic acids is 1. The summed E-state index contributed by atoms with van der Waals surface area (Å²) in [6, 6.07) is 3.08. The van der Waals surface area contributed by atoms with Crippen LogP contribution in [0.15, 0.2) is 18.2 Å². The molecule has 0 saturated heterocycles. The summed E-state index contributed by atoms with van der Waals surface area (Å²) in [6.07, 6.45) is 0. The van der Waals surface area contributed by atoms with E-state index < -0.39 is 17.7 Å². The fourth-order valence-electron chi connectivity index (χ4n) is 1.17. The summed E-state index contributed by atoms with van der Waals surface area (Å²) < 4.78 is 13.4. The number of aromatic carboxylic acids is 1. The topological polar surface area (TPSA) is 66.4 Å². The van der Waals surface area contributed by atoms with Crippen molar-refractivity contribution in [2.24, 2.45) is 0 Å². The lowest BCUT2D eigenvalue weighted by Crippen LogP contribution is -2.30. The van der Waals surface area contributed by atoms with Gasteiger partial charge in [-0.25, -0.2) is 9.18 Å². The number of hydrogen-bond acceptors (Lipinski definition) is 2. The first-order chi connectivity index (χ1) is 7.41. The second-order valence-electron chi connectivity index (χ2n) is 3.63. The predicted molar refractivity (Wildman–Crippen MR) is 56.0 cm³/mol. The summed E-state index contributed by atoms with van der Waals surface area (Å²) in [5, 5.41) is 11.1. The third-order valence-corrected chi connectivity index (χ3v) is 1.88. The maximum Gasteiger partial charge on any atom is 0.335 e. The van der Waals surface area contributed by atoms with Crippen molar-refractivity contribution in [2.75, 3.05) is 0 Å². The molecule has 0 radical (unpaired) electrons. The first kappa shape index (κ1) is 12.2. The zero-order valence-corrected chi connectivity index (χ0v) is 8.95. The van der Waals surface area contributed by atoms with E-state index in [1.807, 2.05) is 0 Å². The molecule has 0 fully saturated rings. The molecule has 1 rings (SSSR count). The highest BCUT2D eigenvalue weighted by molar-refractivity contribution is 5.96. The molecule has 1 amide bonds. The summed E-state index contributed by atoms with van der Waals surface area (Å²) in [4.78, 5) is 22.0. The molecule has 0 heterocycles. The van der Waals surface area contributed by atoms with Crippen molar-refractivity contribution >= 4 is 11.9 Å². The van der Waals surface area contributed by atoms with Gasteiger partial charge in [0.1, 0.15) is 5.82 Å². The Hall–Kier alpha value is -1.91. The summed E-state index contributed by atoms with van der Waals surface area (Å²) in [5.74, 6) is -2.61. The summed E-state index contributed by atoms with van der Waals surface area (Å²) in [6.45, 7) is 3.50. The van der Waals surface area contributed by atoms with Gasteiger partial charge in [-0.05, 0) is 32.0 Å². The van der Waals surface area contributed by atoms with Crippen LogP contribution < -0.4 is 5.32 Å². The van der Waals surface area contributed by atoms with Gasteiger partial charge in [0.15, 0.2) is 0 Å². The third-order valence-electron chi connectivity index (χ3n) is 1.88. The summed E-state index contributed by atoms with van der Waals surface area (Å²) >= 11 is 0. The molecule has 16 heavy (non-hydrogen) atoms. The minimum Gasteiger partial charge on any atom is -0.478 e. The Morgan fingerprint density at radius 2 is 2.00 bits per heavy atom. The molecular weight excluding hydrogens is 213 g/mol. The van der Waals surface area contributed by atoms with E-state index in [0.29, 0.717) is 0 Å². The normalized spacial score (nSPS) is 10.2. The van der Waals surface area contributed by atoms with Crippen molar-refractivity contribution in [3.63, 3.8) is 0 Å². The van der Waals surface area contributed by atoms with Gasteiger partial charge in [-0.2, -0.15) is 0 Å². The van der Waals surface area contributed by atoms with Crippen molar-refractivity contribution in [1.82, 2.24) is 5.32 Å². The minimum absolute atomic E-state index is 0.106. The molecule has 0 bridgehead atoms. The number of amides is 1. The molecular formula is C11H12FNO3. The van der Waals surface area contributed by atoms with Gasteiger partial charge in [0.05, 0.1) is 11.1 Å². The van der Waals surface area contributed by atoms with Crippen molar-refractivity contribution in [3.05, 3.63) is 35.1 Å². The number of carboxylic acid groups (broad SMARTS) is 1. The fourth-order valence-corrected chi connectivity index (χ4v) is 1.17. The molecule has 0 aliphatic rings. The highest BCUT2D eigenvalue weighted by atomic mass is 19.1. The molecule has 0 aromatic heterocycles. The fraction of sp³-hybridized carbons (Fsp3) is 0.273. The minimum atomic E-state index is -1.23. The average molecular weight is 225 g/mol. The maximum absolute atomic E-state index is 13.4. The summed E-state index contributed by atoms with van der Waals surface area (Å²) in [7, 11) is 0. The highest BCUT2D eigenvalue weighted by Gasteiger charge is 2.14. The number of benzene rings is 1. The lowest BCUT2D eigenvalue weighted by molar-refractivity contribution is 0.0695. The predicted octanol–water partition coefficient (Wildman–Crippen LogP) is 1.66. The number of carbonyl (C=O) groups is 2. The number of rotatable bonds is 3. The van der Waals surface area contributed by atoms with Gasteiger partial charge in [-0.15, -0.1) is 0 Å².